The van der Waals surface area contributed by atoms with Crippen LogP contribution in [-0.4, -0.2) is 5.97 Å². The largest absolute Gasteiger partial charge is 0.423 e. The van der Waals surface area contributed by atoms with Gasteiger partial charge in [0.2, 0.25) is 0 Å². The molecule has 2 saturated carbocycles. The predicted molar refractivity (Wildman–Crippen MR) is 137 cm³/mol. The zero-order valence-corrected chi connectivity index (χ0v) is 20.7. The van der Waals surface area contributed by atoms with E-state index in [9.17, 15) is 4.79 Å². The van der Waals surface area contributed by atoms with Gasteiger partial charge in [0.25, 0.3) is 0 Å². The van der Waals surface area contributed by atoms with Crippen LogP contribution in [0.5, 0.6) is 5.75 Å². The molecule has 0 aliphatic heterocycles. The minimum absolute atomic E-state index is 0.271. The van der Waals surface area contributed by atoms with E-state index < -0.39 is 0 Å². The van der Waals surface area contributed by atoms with Crippen molar-refractivity contribution in [2.75, 3.05) is 0 Å². The molecule has 0 amide bonds. The molecule has 0 spiro atoms. The predicted octanol–water partition coefficient (Wildman–Crippen LogP) is 8.74. The molecule has 0 heterocycles. The third-order valence-electron chi connectivity index (χ3n) is 8.32. The molecule has 0 saturated heterocycles. The Morgan fingerprint density at radius 3 is 1.94 bits per heavy atom. The highest BCUT2D eigenvalue weighted by atomic mass is 16.5. The van der Waals surface area contributed by atoms with Crippen molar-refractivity contribution in [3.8, 4) is 5.75 Å². The second-order valence-electron chi connectivity index (χ2n) is 10.6. The minimum atomic E-state index is -0.271. The summed E-state index contributed by atoms with van der Waals surface area (Å²) in [5.74, 6) is 3.93. The number of hydrogen-bond donors (Lipinski definition) is 0. The molecule has 2 heteroatoms. The van der Waals surface area contributed by atoms with Gasteiger partial charge in [0.15, 0.2) is 0 Å². The van der Waals surface area contributed by atoms with Crippen LogP contribution in [0.25, 0.3) is 0 Å². The van der Waals surface area contributed by atoms with E-state index >= 15 is 0 Å². The van der Waals surface area contributed by atoms with Crippen LogP contribution in [0.1, 0.15) is 112 Å². The molecule has 2 aliphatic rings. The molecule has 0 aromatic heterocycles. The van der Waals surface area contributed by atoms with Gasteiger partial charge < -0.3 is 4.74 Å². The highest BCUT2D eigenvalue weighted by Crippen LogP contribution is 2.44. The summed E-state index contributed by atoms with van der Waals surface area (Å²) in [6, 6.07) is 16.1. The second kappa shape index (κ2) is 11.9. The van der Waals surface area contributed by atoms with Gasteiger partial charge in [-0.25, -0.2) is 4.79 Å². The topological polar surface area (TPSA) is 26.3 Å². The SMILES string of the molecule is CCCc1ccc(OC(=O)c2ccc(C3CCC(C4CCC(CCC)CC4)CC3)cc2)cc1. The fraction of sp³-hybridized carbons (Fsp3) is 0.581. The monoisotopic (exact) mass is 446 g/mol. The molecule has 2 aliphatic carbocycles. The molecule has 4 rings (SSSR count). The standard InChI is InChI=1S/C31H42O2/c1-3-5-23-7-11-25(12-8-23)26-13-15-27(16-14-26)28-17-19-29(20-18-28)31(32)33-30-21-9-24(6-4-2)10-22-30/h9-10,17-23,25-27H,3-8,11-16H2,1-2H3. The van der Waals surface area contributed by atoms with Crippen molar-refractivity contribution in [2.45, 2.75) is 96.8 Å². The van der Waals surface area contributed by atoms with Crippen LogP contribution in [0.4, 0.5) is 0 Å². The number of hydrogen-bond acceptors (Lipinski definition) is 2. The van der Waals surface area contributed by atoms with Crippen LogP contribution in [0.15, 0.2) is 48.5 Å². The van der Waals surface area contributed by atoms with E-state index in [0.29, 0.717) is 17.2 Å². The maximum Gasteiger partial charge on any atom is 0.343 e. The van der Waals surface area contributed by atoms with Gasteiger partial charge in [-0.15, -0.1) is 0 Å². The van der Waals surface area contributed by atoms with E-state index in [1.807, 2.05) is 36.4 Å². The molecule has 33 heavy (non-hydrogen) atoms. The van der Waals surface area contributed by atoms with Gasteiger partial charge >= 0.3 is 5.97 Å². The van der Waals surface area contributed by atoms with E-state index in [2.05, 4.69) is 26.0 Å². The van der Waals surface area contributed by atoms with Crippen LogP contribution < -0.4 is 4.74 Å². The van der Waals surface area contributed by atoms with Crippen molar-refractivity contribution in [3.05, 3.63) is 65.2 Å². The van der Waals surface area contributed by atoms with Crippen molar-refractivity contribution in [1.82, 2.24) is 0 Å². The Bertz CT molecular complexity index is 851. The molecule has 2 aromatic rings. The van der Waals surface area contributed by atoms with Gasteiger partial charge in [-0.2, -0.15) is 0 Å². The first-order chi connectivity index (χ1) is 16.2. The summed E-state index contributed by atoms with van der Waals surface area (Å²) in [4.78, 5) is 12.6. The van der Waals surface area contributed by atoms with Crippen LogP contribution in [0.2, 0.25) is 0 Å². The van der Waals surface area contributed by atoms with Gasteiger partial charge in [-0.3, -0.25) is 0 Å². The molecule has 2 aromatic carbocycles. The Balaban J connectivity index is 1.25. The molecule has 2 fully saturated rings. The lowest BCUT2D eigenvalue weighted by Crippen LogP contribution is -2.25. The van der Waals surface area contributed by atoms with Crippen molar-refractivity contribution in [2.24, 2.45) is 17.8 Å². The lowest BCUT2D eigenvalue weighted by atomic mass is 9.68. The van der Waals surface area contributed by atoms with E-state index in [1.54, 1.807) is 0 Å². The van der Waals surface area contributed by atoms with Crippen LogP contribution in [0.3, 0.4) is 0 Å². The zero-order chi connectivity index (χ0) is 23.0. The van der Waals surface area contributed by atoms with Gasteiger partial charge in [0, 0.05) is 0 Å². The van der Waals surface area contributed by atoms with Crippen molar-refractivity contribution in [1.29, 1.82) is 0 Å². The Morgan fingerprint density at radius 1 is 0.758 bits per heavy atom. The first-order valence-electron chi connectivity index (χ1n) is 13.6. The first-order valence-corrected chi connectivity index (χ1v) is 13.6. The van der Waals surface area contributed by atoms with Gasteiger partial charge in [-0.05, 0) is 104 Å². The van der Waals surface area contributed by atoms with Crippen LogP contribution in [0, 0.1) is 17.8 Å². The summed E-state index contributed by atoms with van der Waals surface area (Å²) in [5.41, 5.74) is 3.30. The number of carbonyl (C=O) groups is 1. The Morgan fingerprint density at radius 2 is 1.36 bits per heavy atom. The molecule has 2 nitrogen and oxygen atoms in total. The maximum atomic E-state index is 12.6. The van der Waals surface area contributed by atoms with Crippen LogP contribution >= 0.6 is 0 Å². The lowest BCUT2D eigenvalue weighted by Gasteiger charge is -2.38. The highest BCUT2D eigenvalue weighted by molar-refractivity contribution is 5.91. The third-order valence-corrected chi connectivity index (χ3v) is 8.32. The minimum Gasteiger partial charge on any atom is -0.423 e. The number of ether oxygens (including phenoxy) is 1. The molecular weight excluding hydrogens is 404 g/mol. The number of esters is 1. The number of carbonyl (C=O) groups excluding carboxylic acids is 1. The molecular formula is C31H42O2. The maximum absolute atomic E-state index is 12.6. The molecule has 0 radical (unpaired) electrons. The summed E-state index contributed by atoms with van der Waals surface area (Å²) < 4.78 is 5.58. The summed E-state index contributed by atoms with van der Waals surface area (Å²) >= 11 is 0. The lowest BCUT2D eigenvalue weighted by molar-refractivity contribution is 0.0734. The molecule has 178 valence electrons. The molecule has 0 unspecified atom stereocenters. The molecule has 0 atom stereocenters. The number of rotatable bonds is 8. The highest BCUT2D eigenvalue weighted by Gasteiger charge is 2.31. The molecule has 0 bridgehead atoms. The van der Waals surface area contributed by atoms with Gasteiger partial charge in [0.1, 0.15) is 5.75 Å². The van der Waals surface area contributed by atoms with Crippen molar-refractivity contribution >= 4 is 5.97 Å². The summed E-state index contributed by atoms with van der Waals surface area (Å²) in [5, 5.41) is 0. The number of benzene rings is 2. The first kappa shape index (κ1) is 24.0. The number of aryl methyl sites for hydroxylation is 1. The zero-order valence-electron chi connectivity index (χ0n) is 20.7. The van der Waals surface area contributed by atoms with Gasteiger partial charge in [0.05, 0.1) is 5.56 Å². The van der Waals surface area contributed by atoms with Gasteiger partial charge in [-0.1, -0.05) is 70.2 Å². The van der Waals surface area contributed by atoms with Crippen molar-refractivity contribution in [3.63, 3.8) is 0 Å². The third kappa shape index (κ3) is 6.49. The smallest absolute Gasteiger partial charge is 0.343 e. The summed E-state index contributed by atoms with van der Waals surface area (Å²) in [6.45, 7) is 4.50. The second-order valence-corrected chi connectivity index (χ2v) is 10.6. The summed E-state index contributed by atoms with van der Waals surface area (Å²) in [7, 11) is 0. The fourth-order valence-electron chi connectivity index (χ4n) is 6.35. The quantitative estimate of drug-likeness (QED) is 0.299. The van der Waals surface area contributed by atoms with E-state index in [-0.39, 0.29) is 5.97 Å². The van der Waals surface area contributed by atoms with E-state index in [1.165, 1.54) is 75.3 Å². The Hall–Kier alpha value is -2.09. The average Bonchev–Trinajstić information content (AvgIpc) is 2.86. The van der Waals surface area contributed by atoms with E-state index in [0.717, 1.165) is 30.6 Å². The Kier molecular flexibility index (Phi) is 8.64. The normalized spacial score (nSPS) is 25.5. The van der Waals surface area contributed by atoms with Crippen LogP contribution in [-0.2, 0) is 6.42 Å². The van der Waals surface area contributed by atoms with Crippen molar-refractivity contribution < 1.29 is 9.53 Å². The fourth-order valence-corrected chi connectivity index (χ4v) is 6.35. The van der Waals surface area contributed by atoms with E-state index in [4.69, 9.17) is 4.74 Å². The summed E-state index contributed by atoms with van der Waals surface area (Å²) in [6.07, 6.45) is 16.2. The average molecular weight is 447 g/mol. The Labute approximate surface area is 201 Å². The molecule has 0 N–H and O–H groups in total.